The topological polar surface area (TPSA) is 51.0 Å². The van der Waals surface area contributed by atoms with Gasteiger partial charge in [0.2, 0.25) is 11.8 Å². The van der Waals surface area contributed by atoms with Crippen LogP contribution in [-0.4, -0.2) is 22.8 Å². The van der Waals surface area contributed by atoms with Crippen LogP contribution in [0.5, 0.6) is 0 Å². The normalized spacial score (nSPS) is 16.2. The fraction of sp³-hybridized carbons (Fsp3) is 0.818. The molecule has 0 spiro atoms. The minimum absolute atomic E-state index is 0.551. The van der Waals surface area contributed by atoms with Crippen LogP contribution < -0.4 is 5.32 Å². The van der Waals surface area contributed by atoms with E-state index in [2.05, 4.69) is 29.4 Å². The van der Waals surface area contributed by atoms with Gasteiger partial charge in [0.05, 0.1) is 0 Å². The van der Waals surface area contributed by atoms with E-state index in [0.29, 0.717) is 12.0 Å². The Kier molecular flexibility index (Phi) is 3.36. The number of nitrogens with one attached hydrogen (secondary N) is 1. The van der Waals surface area contributed by atoms with Crippen molar-refractivity contribution in [1.29, 1.82) is 0 Å². The molecule has 0 amide bonds. The van der Waals surface area contributed by atoms with Crippen molar-refractivity contribution in [2.75, 3.05) is 6.54 Å². The maximum Gasteiger partial charge on any atom is 0.219 e. The highest BCUT2D eigenvalue weighted by atomic mass is 16.4. The van der Waals surface area contributed by atoms with Gasteiger partial charge in [-0.3, -0.25) is 0 Å². The molecule has 15 heavy (non-hydrogen) atoms. The predicted octanol–water partition coefficient (Wildman–Crippen LogP) is 1.88. The fourth-order valence-corrected chi connectivity index (χ4v) is 1.49. The third-order valence-corrected chi connectivity index (χ3v) is 2.53. The van der Waals surface area contributed by atoms with Gasteiger partial charge in [0, 0.05) is 18.4 Å². The maximum absolute atomic E-state index is 5.56. The molecule has 1 aliphatic rings. The lowest BCUT2D eigenvalue weighted by molar-refractivity contribution is 0.440. The first-order valence-electron chi connectivity index (χ1n) is 5.81. The first kappa shape index (κ1) is 10.6. The second kappa shape index (κ2) is 4.75. The summed E-state index contributed by atoms with van der Waals surface area (Å²) in [4.78, 5) is 0. The summed E-state index contributed by atoms with van der Waals surface area (Å²) in [5, 5.41) is 11.5. The van der Waals surface area contributed by atoms with E-state index < -0.39 is 0 Å². The van der Waals surface area contributed by atoms with Gasteiger partial charge in [0.15, 0.2) is 0 Å². The number of rotatable bonds is 6. The van der Waals surface area contributed by atoms with Crippen LogP contribution in [0.3, 0.4) is 0 Å². The van der Waals surface area contributed by atoms with E-state index >= 15 is 0 Å². The molecule has 1 aliphatic carbocycles. The van der Waals surface area contributed by atoms with Crippen molar-refractivity contribution < 1.29 is 4.42 Å². The molecule has 0 saturated heterocycles. The summed E-state index contributed by atoms with van der Waals surface area (Å²) in [6.45, 7) is 5.31. The first-order valence-corrected chi connectivity index (χ1v) is 5.81. The van der Waals surface area contributed by atoms with Crippen LogP contribution in [0.2, 0.25) is 0 Å². The molecule has 4 nitrogen and oxygen atoms in total. The van der Waals surface area contributed by atoms with Gasteiger partial charge in [0.25, 0.3) is 0 Å². The summed E-state index contributed by atoms with van der Waals surface area (Å²) in [6, 6.07) is 0.551. The Morgan fingerprint density at radius 2 is 2.20 bits per heavy atom. The lowest BCUT2D eigenvalue weighted by atomic mass is 10.3. The molecule has 0 unspecified atom stereocenters. The second-order valence-corrected chi connectivity index (χ2v) is 4.52. The molecular weight excluding hydrogens is 190 g/mol. The lowest BCUT2D eigenvalue weighted by Gasteiger charge is -2.05. The third kappa shape index (κ3) is 3.30. The Labute approximate surface area is 90.5 Å². The van der Waals surface area contributed by atoms with E-state index in [1.807, 2.05) is 0 Å². The molecule has 1 fully saturated rings. The van der Waals surface area contributed by atoms with Gasteiger partial charge in [-0.2, -0.15) is 0 Å². The highest BCUT2D eigenvalue weighted by Gasteiger charge is 2.29. The van der Waals surface area contributed by atoms with Crippen LogP contribution in [-0.2, 0) is 6.42 Å². The van der Waals surface area contributed by atoms with Crippen LogP contribution >= 0.6 is 0 Å². The van der Waals surface area contributed by atoms with Crippen molar-refractivity contribution in [3.8, 4) is 0 Å². The number of aryl methyl sites for hydroxylation is 1. The Bertz CT molecular complexity index is 305. The van der Waals surface area contributed by atoms with Gasteiger partial charge in [-0.15, -0.1) is 10.2 Å². The van der Waals surface area contributed by atoms with Crippen molar-refractivity contribution in [3.63, 3.8) is 0 Å². The average Bonchev–Trinajstić information content (AvgIpc) is 2.94. The summed E-state index contributed by atoms with van der Waals surface area (Å²) in [5.41, 5.74) is 0. The molecular formula is C11H19N3O. The highest BCUT2D eigenvalue weighted by molar-refractivity contribution is 5.00. The molecule has 0 aromatic carbocycles. The molecule has 0 radical (unpaired) electrons. The van der Waals surface area contributed by atoms with Crippen LogP contribution in [0.4, 0.5) is 0 Å². The van der Waals surface area contributed by atoms with Gasteiger partial charge in [-0.05, 0) is 25.8 Å². The van der Waals surface area contributed by atoms with E-state index in [1.54, 1.807) is 0 Å². The Morgan fingerprint density at radius 3 is 2.87 bits per heavy atom. The SMILES string of the molecule is CC(C)NCCCc1nnc(C2CC2)o1. The largest absolute Gasteiger partial charge is 0.425 e. The molecule has 1 aromatic heterocycles. The number of nitrogens with zero attached hydrogens (tertiary/aromatic N) is 2. The molecule has 1 N–H and O–H groups in total. The summed E-state index contributed by atoms with van der Waals surface area (Å²) in [7, 11) is 0. The molecule has 1 heterocycles. The van der Waals surface area contributed by atoms with E-state index in [4.69, 9.17) is 4.42 Å². The summed E-state index contributed by atoms with van der Waals surface area (Å²) >= 11 is 0. The van der Waals surface area contributed by atoms with Gasteiger partial charge >= 0.3 is 0 Å². The lowest BCUT2D eigenvalue weighted by Crippen LogP contribution is -2.23. The Balaban J connectivity index is 1.69. The van der Waals surface area contributed by atoms with Gasteiger partial charge < -0.3 is 9.73 Å². The summed E-state index contributed by atoms with van der Waals surface area (Å²) in [6.07, 6.45) is 4.39. The predicted molar refractivity (Wildman–Crippen MR) is 57.7 cm³/mol. The molecule has 0 aliphatic heterocycles. The highest BCUT2D eigenvalue weighted by Crippen LogP contribution is 2.38. The van der Waals surface area contributed by atoms with Crippen LogP contribution in [0, 0.1) is 0 Å². The zero-order chi connectivity index (χ0) is 10.7. The zero-order valence-electron chi connectivity index (χ0n) is 9.49. The minimum atomic E-state index is 0.551. The van der Waals surface area contributed by atoms with Crippen molar-refractivity contribution in [2.45, 2.75) is 51.5 Å². The van der Waals surface area contributed by atoms with Crippen molar-refractivity contribution in [2.24, 2.45) is 0 Å². The van der Waals surface area contributed by atoms with E-state index in [-0.39, 0.29) is 0 Å². The number of aromatic nitrogens is 2. The molecule has 4 heteroatoms. The molecule has 1 saturated carbocycles. The van der Waals surface area contributed by atoms with Gasteiger partial charge in [-0.25, -0.2) is 0 Å². The molecule has 84 valence electrons. The van der Waals surface area contributed by atoms with E-state index in [0.717, 1.165) is 31.2 Å². The van der Waals surface area contributed by atoms with Crippen LogP contribution in [0.1, 0.15) is 50.8 Å². The first-order chi connectivity index (χ1) is 7.25. The van der Waals surface area contributed by atoms with Crippen molar-refractivity contribution in [3.05, 3.63) is 11.8 Å². The third-order valence-electron chi connectivity index (χ3n) is 2.53. The van der Waals surface area contributed by atoms with E-state index in [1.165, 1.54) is 12.8 Å². The molecule has 2 rings (SSSR count). The van der Waals surface area contributed by atoms with Crippen molar-refractivity contribution >= 4 is 0 Å². The van der Waals surface area contributed by atoms with Crippen LogP contribution in [0.25, 0.3) is 0 Å². The number of hydrogen-bond donors (Lipinski definition) is 1. The van der Waals surface area contributed by atoms with Crippen LogP contribution in [0.15, 0.2) is 4.42 Å². The van der Waals surface area contributed by atoms with Gasteiger partial charge in [-0.1, -0.05) is 13.8 Å². The Morgan fingerprint density at radius 1 is 1.40 bits per heavy atom. The molecule has 0 bridgehead atoms. The Hall–Kier alpha value is -0.900. The van der Waals surface area contributed by atoms with Gasteiger partial charge in [0.1, 0.15) is 0 Å². The van der Waals surface area contributed by atoms with Crippen molar-refractivity contribution in [1.82, 2.24) is 15.5 Å². The summed E-state index contributed by atoms with van der Waals surface area (Å²) in [5.74, 6) is 2.21. The minimum Gasteiger partial charge on any atom is -0.425 e. The molecule has 1 aromatic rings. The monoisotopic (exact) mass is 209 g/mol. The zero-order valence-corrected chi connectivity index (χ0v) is 9.49. The quantitative estimate of drug-likeness (QED) is 0.727. The average molecular weight is 209 g/mol. The number of hydrogen-bond acceptors (Lipinski definition) is 4. The standard InChI is InChI=1S/C11H19N3O/c1-8(2)12-7-3-4-10-13-14-11(15-10)9-5-6-9/h8-9,12H,3-7H2,1-2H3. The maximum atomic E-state index is 5.56. The fourth-order valence-electron chi connectivity index (χ4n) is 1.49. The summed E-state index contributed by atoms with van der Waals surface area (Å²) < 4.78 is 5.56. The molecule has 0 atom stereocenters. The smallest absolute Gasteiger partial charge is 0.219 e. The second-order valence-electron chi connectivity index (χ2n) is 4.52. The van der Waals surface area contributed by atoms with E-state index in [9.17, 15) is 0 Å².